The standard InChI is InChI=1S/C19H23N3/c1-2-13-12-22-10-8-14(13)11-18(22)19(20)16-7-9-21-17-6-4-3-5-15(16)17/h2-7,9,13-14,18-19H,1,8,10-12,20H2/t13?,14-,18?,19?/m1/s1. The molecule has 4 heterocycles. The first-order valence-corrected chi connectivity index (χ1v) is 8.24. The largest absolute Gasteiger partial charge is 0.323 e. The third kappa shape index (κ3) is 2.16. The molecule has 22 heavy (non-hydrogen) atoms. The second kappa shape index (κ2) is 5.49. The van der Waals surface area contributed by atoms with Crippen molar-refractivity contribution in [3.63, 3.8) is 0 Å². The van der Waals surface area contributed by atoms with Crippen LogP contribution in [-0.4, -0.2) is 29.0 Å². The maximum atomic E-state index is 6.71. The molecule has 0 amide bonds. The third-order valence-corrected chi connectivity index (χ3v) is 5.61. The first-order valence-electron chi connectivity index (χ1n) is 8.24. The number of pyridine rings is 1. The molecule has 3 saturated heterocycles. The highest BCUT2D eigenvalue weighted by molar-refractivity contribution is 5.82. The molecule has 1 aromatic heterocycles. The van der Waals surface area contributed by atoms with Crippen LogP contribution in [0.2, 0.25) is 0 Å². The maximum absolute atomic E-state index is 6.71. The first-order chi connectivity index (χ1) is 10.8. The molecule has 2 aromatic rings. The Balaban J connectivity index is 1.67. The van der Waals surface area contributed by atoms with Gasteiger partial charge in [-0.05, 0) is 48.9 Å². The average Bonchev–Trinajstić information content (AvgIpc) is 2.60. The molecular weight excluding hydrogens is 270 g/mol. The Hall–Kier alpha value is -1.71. The van der Waals surface area contributed by atoms with Gasteiger partial charge in [0.25, 0.3) is 0 Å². The van der Waals surface area contributed by atoms with Gasteiger partial charge in [0.1, 0.15) is 0 Å². The van der Waals surface area contributed by atoms with Crippen LogP contribution in [0.15, 0.2) is 49.2 Å². The van der Waals surface area contributed by atoms with E-state index in [1.807, 2.05) is 12.3 Å². The average molecular weight is 293 g/mol. The summed E-state index contributed by atoms with van der Waals surface area (Å²) in [5.41, 5.74) is 8.99. The Morgan fingerprint density at radius 3 is 2.95 bits per heavy atom. The molecule has 0 saturated carbocycles. The summed E-state index contributed by atoms with van der Waals surface area (Å²) in [6.07, 6.45) is 6.51. The van der Waals surface area contributed by atoms with Crippen LogP contribution in [-0.2, 0) is 0 Å². The molecule has 4 unspecified atom stereocenters. The number of para-hydroxylation sites is 1. The van der Waals surface area contributed by atoms with Gasteiger partial charge >= 0.3 is 0 Å². The van der Waals surface area contributed by atoms with Crippen LogP contribution >= 0.6 is 0 Å². The molecule has 3 aliphatic heterocycles. The lowest BCUT2D eigenvalue weighted by atomic mass is 9.73. The summed E-state index contributed by atoms with van der Waals surface area (Å²) in [5.74, 6) is 1.40. The molecule has 0 radical (unpaired) electrons. The van der Waals surface area contributed by atoms with E-state index in [9.17, 15) is 0 Å². The van der Waals surface area contributed by atoms with Crippen molar-refractivity contribution >= 4 is 10.9 Å². The zero-order valence-electron chi connectivity index (χ0n) is 12.9. The van der Waals surface area contributed by atoms with Gasteiger partial charge in [-0.1, -0.05) is 24.3 Å². The summed E-state index contributed by atoms with van der Waals surface area (Å²) >= 11 is 0. The fraction of sp³-hybridized carbons (Fsp3) is 0.421. The zero-order chi connectivity index (χ0) is 15.1. The van der Waals surface area contributed by atoms with Crippen LogP contribution in [0.25, 0.3) is 10.9 Å². The molecule has 5 atom stereocenters. The number of fused-ring (bicyclic) bond motifs is 4. The smallest absolute Gasteiger partial charge is 0.0705 e. The van der Waals surface area contributed by atoms with E-state index >= 15 is 0 Å². The van der Waals surface area contributed by atoms with Gasteiger partial charge in [0.15, 0.2) is 0 Å². The fourth-order valence-electron chi connectivity index (χ4n) is 4.37. The predicted molar refractivity (Wildman–Crippen MR) is 90.4 cm³/mol. The van der Waals surface area contributed by atoms with Gasteiger partial charge < -0.3 is 5.73 Å². The number of piperidine rings is 3. The highest BCUT2D eigenvalue weighted by atomic mass is 15.2. The van der Waals surface area contributed by atoms with Crippen molar-refractivity contribution in [1.82, 2.24) is 9.88 Å². The summed E-state index contributed by atoms with van der Waals surface area (Å²) in [5, 5.41) is 1.19. The number of hydrogen-bond acceptors (Lipinski definition) is 3. The van der Waals surface area contributed by atoms with Gasteiger partial charge in [-0.2, -0.15) is 0 Å². The van der Waals surface area contributed by atoms with Crippen molar-refractivity contribution in [2.75, 3.05) is 13.1 Å². The van der Waals surface area contributed by atoms with Gasteiger partial charge in [0, 0.05) is 30.2 Å². The third-order valence-electron chi connectivity index (χ3n) is 5.61. The molecule has 2 bridgehead atoms. The SMILES string of the molecule is C=CC1CN2CC[C@@H]1CC2C(N)c1ccnc2ccccc12. The molecule has 1 aromatic carbocycles. The molecule has 3 fully saturated rings. The van der Waals surface area contributed by atoms with Gasteiger partial charge in [-0.15, -0.1) is 6.58 Å². The first kappa shape index (κ1) is 13.9. The molecule has 3 nitrogen and oxygen atoms in total. The fourth-order valence-corrected chi connectivity index (χ4v) is 4.37. The highest BCUT2D eigenvalue weighted by Gasteiger charge is 2.41. The number of nitrogens with two attached hydrogens (primary N) is 1. The lowest BCUT2D eigenvalue weighted by Crippen LogP contribution is -2.56. The Bertz CT molecular complexity index is 691. The summed E-state index contributed by atoms with van der Waals surface area (Å²) in [6.45, 7) is 6.30. The molecule has 0 aliphatic carbocycles. The predicted octanol–water partition coefficient (Wildman–Crippen LogP) is 3.13. The van der Waals surface area contributed by atoms with Crippen molar-refractivity contribution in [3.05, 3.63) is 54.7 Å². The number of benzene rings is 1. The van der Waals surface area contributed by atoms with Crippen LogP contribution in [0, 0.1) is 11.8 Å². The second-order valence-electron chi connectivity index (χ2n) is 6.69. The summed E-state index contributed by atoms with van der Waals surface area (Å²) in [4.78, 5) is 7.04. The minimum Gasteiger partial charge on any atom is -0.323 e. The van der Waals surface area contributed by atoms with Crippen molar-refractivity contribution in [1.29, 1.82) is 0 Å². The van der Waals surface area contributed by atoms with Crippen molar-refractivity contribution < 1.29 is 0 Å². The minimum absolute atomic E-state index is 0.0569. The quantitative estimate of drug-likeness (QED) is 0.884. The lowest BCUT2D eigenvalue weighted by molar-refractivity contribution is 0.00749. The molecule has 2 N–H and O–H groups in total. The van der Waals surface area contributed by atoms with Crippen molar-refractivity contribution in [2.45, 2.75) is 24.9 Å². The topological polar surface area (TPSA) is 42.1 Å². The van der Waals surface area contributed by atoms with E-state index in [4.69, 9.17) is 5.73 Å². The van der Waals surface area contributed by atoms with Crippen LogP contribution < -0.4 is 5.73 Å². The molecule has 5 rings (SSSR count). The van der Waals surface area contributed by atoms with Gasteiger partial charge in [0.05, 0.1) is 5.52 Å². The number of rotatable bonds is 3. The monoisotopic (exact) mass is 293 g/mol. The van der Waals surface area contributed by atoms with Crippen LogP contribution in [0.1, 0.15) is 24.4 Å². The second-order valence-corrected chi connectivity index (χ2v) is 6.69. The Morgan fingerprint density at radius 2 is 2.18 bits per heavy atom. The van der Waals surface area contributed by atoms with E-state index in [1.165, 1.54) is 30.3 Å². The minimum atomic E-state index is 0.0569. The zero-order valence-corrected chi connectivity index (χ0v) is 12.9. The molecule has 3 aliphatic rings. The lowest BCUT2D eigenvalue weighted by Gasteiger charge is -2.51. The van der Waals surface area contributed by atoms with Crippen LogP contribution in [0.3, 0.4) is 0 Å². The van der Waals surface area contributed by atoms with Gasteiger partial charge in [0.2, 0.25) is 0 Å². The van der Waals surface area contributed by atoms with E-state index in [2.05, 4.69) is 46.8 Å². The van der Waals surface area contributed by atoms with Crippen molar-refractivity contribution in [2.24, 2.45) is 17.6 Å². The maximum Gasteiger partial charge on any atom is 0.0705 e. The summed E-state index contributed by atoms with van der Waals surface area (Å²) in [7, 11) is 0. The van der Waals surface area contributed by atoms with Gasteiger partial charge in [-0.25, -0.2) is 0 Å². The van der Waals surface area contributed by atoms with E-state index < -0.39 is 0 Å². The molecule has 114 valence electrons. The van der Waals surface area contributed by atoms with Crippen molar-refractivity contribution in [3.8, 4) is 0 Å². The number of hydrogen-bond donors (Lipinski definition) is 1. The van der Waals surface area contributed by atoms with Crippen LogP contribution in [0.4, 0.5) is 0 Å². The van der Waals surface area contributed by atoms with Gasteiger partial charge in [-0.3, -0.25) is 9.88 Å². The molecule has 0 spiro atoms. The molecular formula is C19H23N3. The van der Waals surface area contributed by atoms with E-state index in [0.29, 0.717) is 12.0 Å². The Kier molecular flexibility index (Phi) is 3.47. The summed E-state index contributed by atoms with van der Waals surface area (Å²) < 4.78 is 0. The highest BCUT2D eigenvalue weighted by Crippen LogP contribution is 2.41. The number of aromatic nitrogens is 1. The van der Waals surface area contributed by atoms with E-state index in [-0.39, 0.29) is 6.04 Å². The van der Waals surface area contributed by atoms with E-state index in [1.54, 1.807) is 0 Å². The van der Waals surface area contributed by atoms with E-state index in [0.717, 1.165) is 18.0 Å². The normalized spacial score (nSPS) is 32.0. The summed E-state index contributed by atoms with van der Waals surface area (Å²) in [6, 6.07) is 10.9. The van der Waals surface area contributed by atoms with Crippen LogP contribution in [0.5, 0.6) is 0 Å². The Morgan fingerprint density at radius 1 is 1.32 bits per heavy atom. The number of nitrogens with zero attached hydrogens (tertiary/aromatic N) is 2. The Labute approximate surface area is 131 Å². The molecule has 3 heteroatoms.